The molecule has 0 saturated carbocycles. The van der Waals surface area contributed by atoms with Crippen LogP contribution < -0.4 is 0 Å². The monoisotopic (exact) mass is 264 g/mol. The third kappa shape index (κ3) is 9.10. The van der Waals surface area contributed by atoms with Gasteiger partial charge in [-0.2, -0.15) is 0 Å². The van der Waals surface area contributed by atoms with E-state index in [1.807, 2.05) is 5.70 Å². The Balaban J connectivity index is 3.49. The Labute approximate surface area is 95.8 Å². The molecule has 0 rings (SSSR count). The quantitative estimate of drug-likeness (QED) is 0.480. The first kappa shape index (κ1) is 14.5. The van der Waals surface area contributed by atoms with Gasteiger partial charge < -0.3 is 8.23 Å². The van der Waals surface area contributed by atoms with Gasteiger partial charge in [0.1, 0.15) is 9.76 Å². The van der Waals surface area contributed by atoms with Crippen molar-refractivity contribution in [2.75, 3.05) is 0 Å². The standard InChI is InChI=1S/C8H24O2Si4/c1-6-11-10-14(4,5)8-7-12-9-13(2)3/h6,13H,1,7-8,11-12H2,2-5H3. The summed E-state index contributed by atoms with van der Waals surface area (Å²) in [6.45, 7) is 12.8. The van der Waals surface area contributed by atoms with Crippen LogP contribution in [-0.2, 0) is 8.23 Å². The summed E-state index contributed by atoms with van der Waals surface area (Å²) in [7, 11) is -2.74. The Morgan fingerprint density at radius 3 is 2.57 bits per heavy atom. The van der Waals surface area contributed by atoms with E-state index in [1.54, 1.807) is 0 Å². The van der Waals surface area contributed by atoms with Crippen LogP contribution in [0.1, 0.15) is 0 Å². The van der Waals surface area contributed by atoms with Crippen molar-refractivity contribution in [3.63, 3.8) is 0 Å². The molecule has 14 heavy (non-hydrogen) atoms. The van der Waals surface area contributed by atoms with Crippen molar-refractivity contribution < 1.29 is 8.23 Å². The van der Waals surface area contributed by atoms with Crippen LogP contribution in [0.3, 0.4) is 0 Å². The average molecular weight is 265 g/mol. The van der Waals surface area contributed by atoms with Crippen molar-refractivity contribution in [2.24, 2.45) is 0 Å². The van der Waals surface area contributed by atoms with Crippen LogP contribution >= 0.6 is 0 Å². The Kier molecular flexibility index (Phi) is 8.06. The van der Waals surface area contributed by atoms with Gasteiger partial charge in [-0.05, 0) is 38.3 Å². The molecule has 84 valence electrons. The van der Waals surface area contributed by atoms with Gasteiger partial charge >= 0.3 is 0 Å². The molecule has 0 heterocycles. The van der Waals surface area contributed by atoms with Crippen LogP contribution in [-0.4, -0.2) is 36.9 Å². The lowest BCUT2D eigenvalue weighted by molar-refractivity contribution is 0.589. The van der Waals surface area contributed by atoms with E-state index >= 15 is 0 Å². The lowest BCUT2D eigenvalue weighted by Crippen LogP contribution is -2.32. The van der Waals surface area contributed by atoms with Gasteiger partial charge in [0.25, 0.3) is 0 Å². The van der Waals surface area contributed by atoms with Crippen molar-refractivity contribution >= 4 is 36.9 Å². The lowest BCUT2D eigenvalue weighted by Gasteiger charge is -2.22. The second-order valence-corrected chi connectivity index (χ2v) is 15.0. The van der Waals surface area contributed by atoms with Gasteiger partial charge in [-0.3, -0.25) is 0 Å². The van der Waals surface area contributed by atoms with E-state index in [9.17, 15) is 0 Å². The average Bonchev–Trinajstić information content (AvgIpc) is 2.09. The van der Waals surface area contributed by atoms with E-state index < -0.39 is 27.1 Å². The molecule has 0 aromatic rings. The fourth-order valence-electron chi connectivity index (χ4n) is 1.17. The molecule has 2 nitrogen and oxygen atoms in total. The minimum absolute atomic E-state index is 0.233. The maximum atomic E-state index is 5.92. The number of rotatable bonds is 8. The second kappa shape index (κ2) is 7.77. The molecule has 0 radical (unpaired) electrons. The highest BCUT2D eigenvalue weighted by atomic mass is 28.4. The normalized spacial score (nSPS) is 13.8. The maximum Gasteiger partial charge on any atom is 0.173 e. The fourth-order valence-corrected chi connectivity index (χ4v) is 10.6. The molecule has 0 aromatic carbocycles. The molecule has 0 amide bonds. The van der Waals surface area contributed by atoms with Gasteiger partial charge in [0.2, 0.25) is 0 Å². The Morgan fingerprint density at radius 2 is 2.07 bits per heavy atom. The smallest absolute Gasteiger partial charge is 0.173 e. The highest BCUT2D eigenvalue weighted by Gasteiger charge is 2.20. The van der Waals surface area contributed by atoms with Crippen molar-refractivity contribution in [3.8, 4) is 0 Å². The van der Waals surface area contributed by atoms with E-state index in [4.69, 9.17) is 8.23 Å². The Bertz CT molecular complexity index is 161. The zero-order valence-corrected chi connectivity index (χ0v) is 15.0. The van der Waals surface area contributed by atoms with Crippen molar-refractivity contribution in [1.29, 1.82) is 0 Å². The van der Waals surface area contributed by atoms with Crippen molar-refractivity contribution in [2.45, 2.75) is 38.3 Å². The zero-order valence-electron chi connectivity index (χ0n) is 10.0. The summed E-state index contributed by atoms with van der Waals surface area (Å²) in [5.74, 6) is 0. The first-order valence-corrected chi connectivity index (χ1v) is 14.2. The highest BCUT2D eigenvalue weighted by molar-refractivity contribution is 6.76. The SMILES string of the molecule is C=C[SiH2]O[Si](C)(C)CC[SiH2]O[SiH](C)C. The molecule has 0 N–H and O–H groups in total. The molecular formula is C8H24O2Si4. The van der Waals surface area contributed by atoms with E-state index in [2.05, 4.69) is 32.8 Å². The molecule has 0 aromatic heterocycles. The van der Waals surface area contributed by atoms with Gasteiger partial charge in [0, 0.05) is 0 Å². The highest BCUT2D eigenvalue weighted by Crippen LogP contribution is 2.13. The van der Waals surface area contributed by atoms with Crippen LogP contribution in [0, 0.1) is 0 Å². The van der Waals surface area contributed by atoms with Gasteiger partial charge in [-0.15, -0.1) is 6.58 Å². The summed E-state index contributed by atoms with van der Waals surface area (Å²) in [4.78, 5) is 0. The summed E-state index contributed by atoms with van der Waals surface area (Å²) in [5, 5.41) is 0. The predicted molar refractivity (Wildman–Crippen MR) is 75.4 cm³/mol. The summed E-state index contributed by atoms with van der Waals surface area (Å²) >= 11 is 0. The van der Waals surface area contributed by atoms with Crippen LogP contribution in [0.25, 0.3) is 0 Å². The van der Waals surface area contributed by atoms with E-state index in [1.165, 1.54) is 12.1 Å². The topological polar surface area (TPSA) is 18.5 Å². The molecular weight excluding hydrogens is 240 g/mol. The molecule has 0 unspecified atom stereocenters. The molecule has 0 aliphatic carbocycles. The molecule has 0 bridgehead atoms. The summed E-state index contributed by atoms with van der Waals surface area (Å²) in [6, 6.07) is 2.58. The largest absolute Gasteiger partial charge is 0.463 e. The second-order valence-electron chi connectivity index (χ2n) is 4.38. The summed E-state index contributed by atoms with van der Waals surface area (Å²) < 4.78 is 11.7. The first-order valence-electron chi connectivity index (χ1n) is 5.34. The Morgan fingerprint density at radius 1 is 1.43 bits per heavy atom. The third-order valence-electron chi connectivity index (χ3n) is 1.97. The van der Waals surface area contributed by atoms with Crippen LogP contribution in [0.5, 0.6) is 0 Å². The lowest BCUT2D eigenvalue weighted by atomic mass is 10.9. The van der Waals surface area contributed by atoms with E-state index in [0.29, 0.717) is 0 Å². The van der Waals surface area contributed by atoms with Crippen LogP contribution in [0.15, 0.2) is 12.3 Å². The Hall–Kier alpha value is 0.528. The maximum absolute atomic E-state index is 5.92. The molecule has 0 fully saturated rings. The zero-order chi connectivity index (χ0) is 11.0. The van der Waals surface area contributed by atoms with Crippen LogP contribution in [0.4, 0.5) is 0 Å². The van der Waals surface area contributed by atoms with E-state index in [0.717, 1.165) is 0 Å². The summed E-state index contributed by atoms with van der Waals surface area (Å²) in [5.41, 5.74) is 1.98. The van der Waals surface area contributed by atoms with E-state index in [-0.39, 0.29) is 9.76 Å². The molecule has 0 aliphatic heterocycles. The fraction of sp³-hybridized carbons (Fsp3) is 0.750. The minimum atomic E-state index is -1.34. The molecule has 0 atom stereocenters. The summed E-state index contributed by atoms with van der Waals surface area (Å²) in [6.07, 6.45) is 0. The molecule has 0 spiro atoms. The third-order valence-corrected chi connectivity index (χ3v) is 12.5. The minimum Gasteiger partial charge on any atom is -0.463 e. The number of hydrogen-bond donors (Lipinski definition) is 0. The van der Waals surface area contributed by atoms with Gasteiger partial charge in [-0.25, -0.2) is 0 Å². The molecule has 0 aliphatic rings. The van der Waals surface area contributed by atoms with Gasteiger partial charge in [-0.1, -0.05) is 5.70 Å². The molecule has 6 heteroatoms. The van der Waals surface area contributed by atoms with Crippen molar-refractivity contribution in [3.05, 3.63) is 12.3 Å². The first-order chi connectivity index (χ1) is 6.48. The van der Waals surface area contributed by atoms with Crippen LogP contribution in [0.2, 0.25) is 38.3 Å². The van der Waals surface area contributed by atoms with Crippen molar-refractivity contribution in [1.82, 2.24) is 0 Å². The number of hydrogen-bond acceptors (Lipinski definition) is 2. The predicted octanol–water partition coefficient (Wildman–Crippen LogP) is 0.937. The van der Waals surface area contributed by atoms with Gasteiger partial charge in [0.15, 0.2) is 27.1 Å². The molecule has 0 saturated heterocycles. The van der Waals surface area contributed by atoms with Gasteiger partial charge in [0.05, 0.1) is 0 Å².